The lowest BCUT2D eigenvalue weighted by Gasteiger charge is -2.21. The quantitative estimate of drug-likeness (QED) is 0.814. The van der Waals surface area contributed by atoms with Gasteiger partial charge < -0.3 is 10.1 Å². The fourth-order valence-electron chi connectivity index (χ4n) is 2.48. The maximum Gasteiger partial charge on any atom is 0.407 e. The summed E-state index contributed by atoms with van der Waals surface area (Å²) in [5.74, 6) is 0.0859. The zero-order valence-corrected chi connectivity index (χ0v) is 16.5. The second-order valence-electron chi connectivity index (χ2n) is 6.85. The molecule has 1 aromatic rings. The molecule has 0 bridgehead atoms. The smallest absolute Gasteiger partial charge is 0.407 e. The molecule has 1 N–H and O–H groups in total. The average Bonchev–Trinajstić information content (AvgIpc) is 2.93. The molecular formula is C16H23BrN2O4S. The van der Waals surface area contributed by atoms with Gasteiger partial charge in [-0.15, -0.1) is 0 Å². The van der Waals surface area contributed by atoms with E-state index in [-0.39, 0.29) is 10.8 Å². The number of sulfonamides is 1. The van der Waals surface area contributed by atoms with Gasteiger partial charge in [0.2, 0.25) is 10.0 Å². The van der Waals surface area contributed by atoms with Crippen molar-refractivity contribution in [3.63, 3.8) is 0 Å². The fourth-order valence-corrected chi connectivity index (χ4v) is 4.27. The standard InChI is InChI=1S/C16H23BrN2O4S/c1-16(2,3)23-15(20)18-10-12-8-9-19(11-12)24(21,22)14-6-4-13(17)5-7-14/h4-7,12H,8-11H2,1-3H3,(H,18,20)/t12-/m1/s1. The third kappa shape index (κ3) is 5.19. The number of nitrogens with zero attached hydrogens (tertiary/aromatic N) is 1. The molecule has 1 saturated heterocycles. The summed E-state index contributed by atoms with van der Waals surface area (Å²) >= 11 is 3.30. The van der Waals surface area contributed by atoms with E-state index in [0.29, 0.717) is 26.1 Å². The van der Waals surface area contributed by atoms with Crippen LogP contribution in [0.5, 0.6) is 0 Å². The van der Waals surface area contributed by atoms with Crippen LogP contribution in [0.4, 0.5) is 4.79 Å². The summed E-state index contributed by atoms with van der Waals surface area (Å²) in [5.41, 5.74) is -0.545. The van der Waals surface area contributed by atoms with Gasteiger partial charge in [-0.1, -0.05) is 15.9 Å². The molecule has 0 unspecified atom stereocenters. The first-order valence-corrected chi connectivity index (χ1v) is 10.0. The SMILES string of the molecule is CC(C)(C)OC(=O)NC[C@H]1CCN(S(=O)(=O)c2ccc(Br)cc2)C1. The Balaban J connectivity index is 1.90. The van der Waals surface area contributed by atoms with Crippen molar-refractivity contribution in [2.24, 2.45) is 5.92 Å². The summed E-state index contributed by atoms with van der Waals surface area (Å²) in [7, 11) is -3.49. The van der Waals surface area contributed by atoms with Gasteiger partial charge in [0, 0.05) is 24.1 Å². The molecule has 1 amide bonds. The van der Waals surface area contributed by atoms with E-state index in [0.717, 1.165) is 4.47 Å². The van der Waals surface area contributed by atoms with E-state index in [1.807, 2.05) is 0 Å². The lowest BCUT2D eigenvalue weighted by atomic mass is 10.1. The topological polar surface area (TPSA) is 75.7 Å². The minimum atomic E-state index is -3.49. The van der Waals surface area contributed by atoms with Crippen LogP contribution < -0.4 is 5.32 Å². The number of hydrogen-bond acceptors (Lipinski definition) is 4. The molecule has 1 aliphatic heterocycles. The van der Waals surface area contributed by atoms with Gasteiger partial charge in [-0.05, 0) is 57.4 Å². The van der Waals surface area contributed by atoms with Crippen LogP contribution in [-0.2, 0) is 14.8 Å². The van der Waals surface area contributed by atoms with Gasteiger partial charge in [-0.25, -0.2) is 13.2 Å². The third-order valence-electron chi connectivity index (χ3n) is 3.63. The van der Waals surface area contributed by atoms with Crippen molar-refractivity contribution in [3.8, 4) is 0 Å². The van der Waals surface area contributed by atoms with Gasteiger partial charge in [-0.2, -0.15) is 4.31 Å². The van der Waals surface area contributed by atoms with Crippen LogP contribution in [-0.4, -0.2) is 44.1 Å². The van der Waals surface area contributed by atoms with Crippen LogP contribution in [0.2, 0.25) is 0 Å². The molecule has 24 heavy (non-hydrogen) atoms. The lowest BCUT2D eigenvalue weighted by molar-refractivity contribution is 0.0520. The van der Waals surface area contributed by atoms with E-state index >= 15 is 0 Å². The molecule has 1 heterocycles. The summed E-state index contributed by atoms with van der Waals surface area (Å²) in [6, 6.07) is 6.60. The highest BCUT2D eigenvalue weighted by Crippen LogP contribution is 2.25. The second kappa shape index (κ2) is 7.41. The third-order valence-corrected chi connectivity index (χ3v) is 6.04. The number of carbonyl (C=O) groups is 1. The number of halogens is 1. The van der Waals surface area contributed by atoms with E-state index < -0.39 is 21.7 Å². The van der Waals surface area contributed by atoms with Crippen molar-refractivity contribution in [2.45, 2.75) is 37.7 Å². The Morgan fingerprint density at radius 1 is 1.33 bits per heavy atom. The van der Waals surface area contributed by atoms with Crippen molar-refractivity contribution < 1.29 is 17.9 Å². The molecule has 1 aliphatic rings. The fraction of sp³-hybridized carbons (Fsp3) is 0.562. The van der Waals surface area contributed by atoms with Crippen molar-refractivity contribution in [1.82, 2.24) is 9.62 Å². The molecule has 1 fully saturated rings. The highest BCUT2D eigenvalue weighted by atomic mass is 79.9. The van der Waals surface area contributed by atoms with Crippen molar-refractivity contribution in [1.29, 1.82) is 0 Å². The number of rotatable bonds is 4. The largest absolute Gasteiger partial charge is 0.444 e. The summed E-state index contributed by atoms with van der Waals surface area (Å²) in [6.45, 7) is 6.66. The Hall–Kier alpha value is -1.12. The monoisotopic (exact) mass is 418 g/mol. The molecule has 134 valence electrons. The summed E-state index contributed by atoms with van der Waals surface area (Å²) in [6.07, 6.45) is 0.239. The average molecular weight is 419 g/mol. The van der Waals surface area contributed by atoms with E-state index in [4.69, 9.17) is 4.74 Å². The zero-order valence-electron chi connectivity index (χ0n) is 14.1. The van der Waals surface area contributed by atoms with Gasteiger partial charge in [0.15, 0.2) is 0 Å². The summed E-state index contributed by atoms with van der Waals surface area (Å²) < 4.78 is 32.7. The minimum absolute atomic E-state index is 0.0859. The highest BCUT2D eigenvalue weighted by Gasteiger charge is 2.32. The van der Waals surface area contributed by atoms with Crippen molar-refractivity contribution in [3.05, 3.63) is 28.7 Å². The molecular weight excluding hydrogens is 396 g/mol. The van der Waals surface area contributed by atoms with E-state index in [9.17, 15) is 13.2 Å². The number of hydrogen-bond donors (Lipinski definition) is 1. The maximum absolute atomic E-state index is 12.6. The molecule has 2 rings (SSSR count). The van der Waals surface area contributed by atoms with E-state index in [2.05, 4.69) is 21.2 Å². The molecule has 0 aromatic heterocycles. The number of ether oxygens (including phenoxy) is 1. The molecule has 1 atom stereocenters. The molecule has 0 spiro atoms. The van der Waals surface area contributed by atoms with E-state index in [1.165, 1.54) is 4.31 Å². The van der Waals surface area contributed by atoms with Gasteiger partial charge in [-0.3, -0.25) is 0 Å². The molecule has 0 saturated carbocycles. The predicted octanol–water partition coefficient (Wildman–Crippen LogP) is 2.98. The molecule has 6 nitrogen and oxygen atoms in total. The van der Waals surface area contributed by atoms with Gasteiger partial charge in [0.25, 0.3) is 0 Å². The van der Waals surface area contributed by atoms with E-state index in [1.54, 1.807) is 45.0 Å². The summed E-state index contributed by atoms with van der Waals surface area (Å²) in [5, 5.41) is 2.71. The van der Waals surface area contributed by atoms with Crippen LogP contribution >= 0.6 is 15.9 Å². The van der Waals surface area contributed by atoms with Crippen molar-refractivity contribution >= 4 is 32.0 Å². The number of benzene rings is 1. The molecule has 8 heteroatoms. The molecule has 0 radical (unpaired) electrons. The molecule has 1 aromatic carbocycles. The predicted molar refractivity (Wildman–Crippen MR) is 95.2 cm³/mol. The van der Waals surface area contributed by atoms with Crippen LogP contribution in [0.25, 0.3) is 0 Å². The van der Waals surface area contributed by atoms with Crippen LogP contribution in [0, 0.1) is 5.92 Å². The zero-order chi connectivity index (χ0) is 18.0. The Morgan fingerprint density at radius 3 is 2.54 bits per heavy atom. The number of amides is 1. The molecule has 0 aliphatic carbocycles. The van der Waals surface area contributed by atoms with Crippen LogP contribution in [0.3, 0.4) is 0 Å². The first-order chi connectivity index (χ1) is 11.1. The number of nitrogens with one attached hydrogen (secondary N) is 1. The second-order valence-corrected chi connectivity index (χ2v) is 9.71. The van der Waals surface area contributed by atoms with Gasteiger partial charge >= 0.3 is 6.09 Å². The van der Waals surface area contributed by atoms with Crippen LogP contribution in [0.1, 0.15) is 27.2 Å². The Labute approximate surface area is 151 Å². The lowest BCUT2D eigenvalue weighted by Crippen LogP contribution is -2.36. The summed E-state index contributed by atoms with van der Waals surface area (Å²) in [4.78, 5) is 12.0. The van der Waals surface area contributed by atoms with Crippen LogP contribution in [0.15, 0.2) is 33.6 Å². The number of carbonyl (C=O) groups excluding carboxylic acids is 1. The number of alkyl carbamates (subject to hydrolysis) is 1. The normalized spacial score (nSPS) is 19.2. The highest BCUT2D eigenvalue weighted by molar-refractivity contribution is 9.10. The van der Waals surface area contributed by atoms with Crippen molar-refractivity contribution in [2.75, 3.05) is 19.6 Å². The Bertz CT molecular complexity index is 683. The Morgan fingerprint density at radius 2 is 1.96 bits per heavy atom. The maximum atomic E-state index is 12.6. The Kier molecular flexibility index (Phi) is 5.93. The first kappa shape index (κ1) is 19.2. The van der Waals surface area contributed by atoms with Gasteiger partial charge in [0.05, 0.1) is 4.90 Å². The minimum Gasteiger partial charge on any atom is -0.444 e. The first-order valence-electron chi connectivity index (χ1n) is 7.80. The van der Waals surface area contributed by atoms with Gasteiger partial charge in [0.1, 0.15) is 5.60 Å².